The second-order valence-corrected chi connectivity index (χ2v) is 6.64. The van der Waals surface area contributed by atoms with Gasteiger partial charge in [-0.3, -0.25) is 0 Å². The average Bonchev–Trinajstić information content (AvgIpc) is 2.45. The van der Waals surface area contributed by atoms with E-state index in [1.54, 1.807) is 38.1 Å². The zero-order valence-electron chi connectivity index (χ0n) is 11.6. The highest BCUT2D eigenvalue weighted by Crippen LogP contribution is 2.21. The molecule has 0 bridgehead atoms. The van der Waals surface area contributed by atoms with Gasteiger partial charge in [-0.15, -0.1) is 0 Å². The van der Waals surface area contributed by atoms with Crippen LogP contribution in [-0.2, 0) is 10.8 Å². The quantitative estimate of drug-likeness (QED) is 0.920. The van der Waals surface area contributed by atoms with Gasteiger partial charge in [0.05, 0.1) is 16.4 Å². The van der Waals surface area contributed by atoms with Gasteiger partial charge in [0.2, 0.25) is 0 Å². The lowest BCUT2D eigenvalue weighted by Crippen LogP contribution is -2.27. The minimum Gasteiger partial charge on any atom is -0.491 e. The molecular formula is C16H18O3S. The summed E-state index contributed by atoms with van der Waals surface area (Å²) in [5.74, 6) is 0.605. The Hall–Kier alpha value is -1.65. The smallest absolute Gasteiger partial charge is 0.120 e. The fourth-order valence-electron chi connectivity index (χ4n) is 1.62. The highest BCUT2D eigenvalue weighted by molar-refractivity contribution is 7.85. The number of hydrogen-bond donors (Lipinski definition) is 1. The minimum atomic E-state index is -1.22. The van der Waals surface area contributed by atoms with E-state index in [1.165, 1.54) is 0 Å². The summed E-state index contributed by atoms with van der Waals surface area (Å²) in [6.07, 6.45) is 0. The second-order valence-electron chi connectivity index (χ2n) is 5.16. The van der Waals surface area contributed by atoms with Crippen LogP contribution in [0.1, 0.15) is 13.8 Å². The van der Waals surface area contributed by atoms with Crippen LogP contribution in [0, 0.1) is 0 Å². The third-order valence-corrected chi connectivity index (χ3v) is 3.95. The lowest BCUT2D eigenvalue weighted by molar-refractivity contribution is 0.0284. The molecule has 0 spiro atoms. The van der Waals surface area contributed by atoms with Gasteiger partial charge in [0.1, 0.15) is 12.4 Å². The van der Waals surface area contributed by atoms with Gasteiger partial charge in [-0.25, -0.2) is 4.21 Å². The molecule has 0 aliphatic rings. The van der Waals surface area contributed by atoms with Crippen LogP contribution in [0.3, 0.4) is 0 Å². The van der Waals surface area contributed by atoms with Gasteiger partial charge >= 0.3 is 0 Å². The van der Waals surface area contributed by atoms with Crippen molar-refractivity contribution >= 4 is 10.8 Å². The van der Waals surface area contributed by atoms with Gasteiger partial charge in [-0.1, -0.05) is 24.3 Å². The Morgan fingerprint density at radius 1 is 1.05 bits per heavy atom. The van der Waals surface area contributed by atoms with Gasteiger partial charge in [-0.2, -0.15) is 0 Å². The first-order chi connectivity index (χ1) is 9.46. The molecule has 106 valence electrons. The Morgan fingerprint density at radius 3 is 2.35 bits per heavy atom. The Morgan fingerprint density at radius 2 is 1.70 bits per heavy atom. The van der Waals surface area contributed by atoms with Crippen molar-refractivity contribution < 1.29 is 14.1 Å². The predicted molar refractivity (Wildman–Crippen MR) is 79.4 cm³/mol. The molecule has 4 heteroatoms. The summed E-state index contributed by atoms with van der Waals surface area (Å²) < 4.78 is 17.9. The van der Waals surface area contributed by atoms with Crippen molar-refractivity contribution in [3.05, 3.63) is 54.6 Å². The zero-order chi connectivity index (χ0) is 14.6. The molecule has 1 atom stereocenters. The standard InChI is InChI=1S/C16H18O3S/c1-16(2,17)12-19-13-7-6-10-15(11-13)20(18)14-8-4-3-5-9-14/h3-11,17H,12H2,1-2H3. The summed E-state index contributed by atoms with van der Waals surface area (Å²) in [6, 6.07) is 16.4. The molecule has 2 aromatic carbocycles. The van der Waals surface area contributed by atoms with Crippen LogP contribution in [-0.4, -0.2) is 21.5 Å². The lowest BCUT2D eigenvalue weighted by Gasteiger charge is -2.18. The van der Waals surface area contributed by atoms with Crippen LogP contribution in [0.5, 0.6) is 5.75 Å². The number of aliphatic hydroxyl groups is 1. The lowest BCUT2D eigenvalue weighted by atomic mass is 10.2. The number of benzene rings is 2. The molecule has 2 aromatic rings. The van der Waals surface area contributed by atoms with Crippen molar-refractivity contribution in [3.8, 4) is 5.75 Å². The van der Waals surface area contributed by atoms with E-state index in [1.807, 2.05) is 30.3 Å². The van der Waals surface area contributed by atoms with Crippen LogP contribution in [0.15, 0.2) is 64.4 Å². The highest BCUT2D eigenvalue weighted by atomic mass is 32.2. The van der Waals surface area contributed by atoms with Crippen LogP contribution in [0.25, 0.3) is 0 Å². The Kier molecular flexibility index (Phi) is 4.57. The first kappa shape index (κ1) is 14.8. The molecule has 0 aliphatic carbocycles. The van der Waals surface area contributed by atoms with Crippen LogP contribution < -0.4 is 4.74 Å². The maximum Gasteiger partial charge on any atom is 0.120 e. The summed E-state index contributed by atoms with van der Waals surface area (Å²) in [4.78, 5) is 1.44. The van der Waals surface area contributed by atoms with E-state index in [4.69, 9.17) is 4.74 Å². The number of rotatable bonds is 5. The maximum atomic E-state index is 12.4. The fraction of sp³-hybridized carbons (Fsp3) is 0.250. The van der Waals surface area contributed by atoms with E-state index in [9.17, 15) is 9.32 Å². The molecule has 0 saturated carbocycles. The normalized spacial score (nSPS) is 12.9. The Labute approximate surface area is 121 Å². The Balaban J connectivity index is 2.16. The van der Waals surface area contributed by atoms with Crippen LogP contribution >= 0.6 is 0 Å². The van der Waals surface area contributed by atoms with Crippen molar-refractivity contribution in [1.29, 1.82) is 0 Å². The van der Waals surface area contributed by atoms with Crippen molar-refractivity contribution in [2.45, 2.75) is 29.2 Å². The van der Waals surface area contributed by atoms with Gasteiger partial charge in [-0.05, 0) is 44.2 Å². The molecule has 0 radical (unpaired) electrons. The van der Waals surface area contributed by atoms with Gasteiger partial charge in [0.15, 0.2) is 0 Å². The topological polar surface area (TPSA) is 46.5 Å². The summed E-state index contributed by atoms with van der Waals surface area (Å²) >= 11 is 0. The second kappa shape index (κ2) is 6.20. The van der Waals surface area contributed by atoms with Gasteiger partial charge < -0.3 is 9.84 Å². The predicted octanol–water partition coefficient (Wildman–Crippen LogP) is 3.00. The molecule has 0 heterocycles. The van der Waals surface area contributed by atoms with Crippen molar-refractivity contribution in [1.82, 2.24) is 0 Å². The van der Waals surface area contributed by atoms with E-state index in [0.717, 1.165) is 4.90 Å². The van der Waals surface area contributed by atoms with Gasteiger partial charge in [0.25, 0.3) is 0 Å². The van der Waals surface area contributed by atoms with Gasteiger partial charge in [0, 0.05) is 9.79 Å². The largest absolute Gasteiger partial charge is 0.491 e. The molecular weight excluding hydrogens is 272 g/mol. The van der Waals surface area contributed by atoms with Crippen molar-refractivity contribution in [2.24, 2.45) is 0 Å². The molecule has 0 aliphatic heterocycles. The van der Waals surface area contributed by atoms with E-state index in [2.05, 4.69) is 0 Å². The monoisotopic (exact) mass is 290 g/mol. The average molecular weight is 290 g/mol. The van der Waals surface area contributed by atoms with Crippen LogP contribution in [0.4, 0.5) is 0 Å². The highest BCUT2D eigenvalue weighted by Gasteiger charge is 2.14. The first-order valence-electron chi connectivity index (χ1n) is 6.38. The van der Waals surface area contributed by atoms with E-state index in [-0.39, 0.29) is 6.61 Å². The summed E-state index contributed by atoms with van der Waals surface area (Å²) in [6.45, 7) is 3.55. The number of hydrogen-bond acceptors (Lipinski definition) is 3. The molecule has 0 amide bonds. The summed E-state index contributed by atoms with van der Waals surface area (Å²) in [5.41, 5.74) is -0.894. The maximum absolute atomic E-state index is 12.4. The van der Waals surface area contributed by atoms with Crippen molar-refractivity contribution in [3.63, 3.8) is 0 Å². The zero-order valence-corrected chi connectivity index (χ0v) is 12.4. The van der Waals surface area contributed by atoms with E-state index < -0.39 is 16.4 Å². The first-order valence-corrected chi connectivity index (χ1v) is 7.53. The molecule has 2 rings (SSSR count). The molecule has 1 N–H and O–H groups in total. The van der Waals surface area contributed by atoms with Crippen molar-refractivity contribution in [2.75, 3.05) is 6.61 Å². The van der Waals surface area contributed by atoms with Crippen LogP contribution in [0.2, 0.25) is 0 Å². The summed E-state index contributed by atoms with van der Waals surface area (Å²) in [5, 5.41) is 9.65. The minimum absolute atomic E-state index is 0.189. The third-order valence-electron chi connectivity index (χ3n) is 2.57. The molecule has 20 heavy (non-hydrogen) atoms. The van der Waals surface area contributed by atoms with E-state index in [0.29, 0.717) is 10.6 Å². The number of ether oxygens (including phenoxy) is 1. The molecule has 0 aromatic heterocycles. The summed E-state index contributed by atoms with van der Waals surface area (Å²) in [7, 11) is -1.22. The fourth-order valence-corrected chi connectivity index (χ4v) is 2.72. The molecule has 0 saturated heterocycles. The molecule has 3 nitrogen and oxygen atoms in total. The SMILES string of the molecule is CC(C)(O)COc1cccc(S(=O)c2ccccc2)c1. The Bertz CT molecular complexity index is 588. The molecule has 0 fully saturated rings. The molecule has 1 unspecified atom stereocenters. The third kappa shape index (κ3) is 4.18. The van der Waals surface area contributed by atoms with E-state index >= 15 is 0 Å².